The summed E-state index contributed by atoms with van der Waals surface area (Å²) < 4.78 is 7.32. The Hall–Kier alpha value is -0.420. The van der Waals surface area contributed by atoms with Gasteiger partial charge in [0.05, 0.1) is 19.3 Å². The first-order valence-corrected chi connectivity index (χ1v) is 3.67. The number of hydrogen-bond acceptors (Lipinski definition) is 3. The summed E-state index contributed by atoms with van der Waals surface area (Å²) in [5, 5.41) is 7.54. The number of methoxy groups -OCH3 is 1. The highest BCUT2D eigenvalue weighted by molar-refractivity contribution is 9.10. The minimum absolute atomic E-state index is 0.662. The lowest BCUT2D eigenvalue weighted by Gasteiger charge is -1.95. The van der Waals surface area contributed by atoms with Crippen LogP contribution in [0.15, 0.2) is 10.8 Å². The molecule has 10 heavy (non-hydrogen) atoms. The van der Waals surface area contributed by atoms with Crippen LogP contribution in [0, 0.1) is 0 Å². The molecule has 0 fully saturated rings. The zero-order chi connectivity index (χ0) is 7.40. The Morgan fingerprint density at radius 3 is 3.10 bits per heavy atom. The van der Waals surface area contributed by atoms with E-state index in [4.69, 9.17) is 4.74 Å². The average Bonchev–Trinajstić information content (AvgIpc) is 2.31. The van der Waals surface area contributed by atoms with Crippen LogP contribution < -0.4 is 0 Å². The van der Waals surface area contributed by atoms with Crippen molar-refractivity contribution in [3.63, 3.8) is 0 Å². The summed E-state index contributed by atoms with van der Waals surface area (Å²) in [4.78, 5) is 0. The lowest BCUT2D eigenvalue weighted by molar-refractivity contribution is 0.183. The first-order valence-electron chi connectivity index (χ1n) is 2.87. The van der Waals surface area contributed by atoms with Crippen molar-refractivity contribution in [1.82, 2.24) is 15.0 Å². The van der Waals surface area contributed by atoms with E-state index in [0.717, 1.165) is 11.1 Å². The van der Waals surface area contributed by atoms with Crippen molar-refractivity contribution in [2.24, 2.45) is 0 Å². The molecule has 0 saturated carbocycles. The third kappa shape index (κ3) is 2.07. The fourth-order valence-electron chi connectivity index (χ4n) is 0.569. The molecule has 0 unspecified atom stereocenters. The van der Waals surface area contributed by atoms with Gasteiger partial charge in [-0.15, -0.1) is 5.10 Å². The van der Waals surface area contributed by atoms with Gasteiger partial charge in [0.2, 0.25) is 0 Å². The summed E-state index contributed by atoms with van der Waals surface area (Å²) in [5.41, 5.74) is 0. The molecule has 1 aromatic heterocycles. The molecule has 0 bridgehead atoms. The van der Waals surface area contributed by atoms with Gasteiger partial charge in [-0.25, -0.2) is 4.68 Å². The number of rotatable bonds is 3. The monoisotopic (exact) mass is 205 g/mol. The number of aromatic nitrogens is 3. The third-order valence-electron chi connectivity index (χ3n) is 1.04. The van der Waals surface area contributed by atoms with Crippen molar-refractivity contribution in [3.05, 3.63) is 10.8 Å². The Balaban J connectivity index is 2.42. The van der Waals surface area contributed by atoms with Gasteiger partial charge in [0, 0.05) is 7.11 Å². The molecule has 56 valence electrons. The molecular weight excluding hydrogens is 198 g/mol. The quantitative estimate of drug-likeness (QED) is 0.730. The van der Waals surface area contributed by atoms with Crippen LogP contribution in [0.3, 0.4) is 0 Å². The summed E-state index contributed by atoms with van der Waals surface area (Å²) in [6, 6.07) is 0. The van der Waals surface area contributed by atoms with Crippen LogP contribution in [0.2, 0.25) is 0 Å². The highest BCUT2D eigenvalue weighted by atomic mass is 79.9. The topological polar surface area (TPSA) is 39.9 Å². The minimum Gasteiger partial charge on any atom is -0.383 e. The first kappa shape index (κ1) is 7.68. The maximum Gasteiger partial charge on any atom is 0.148 e. The van der Waals surface area contributed by atoms with Gasteiger partial charge in [0.25, 0.3) is 0 Å². The lowest BCUT2D eigenvalue weighted by atomic mass is 10.7. The highest BCUT2D eigenvalue weighted by Crippen LogP contribution is 2.00. The Labute approximate surface area is 67.3 Å². The second-order valence-corrected chi connectivity index (χ2v) is 2.61. The second-order valence-electron chi connectivity index (χ2n) is 1.80. The van der Waals surface area contributed by atoms with Crippen molar-refractivity contribution in [3.8, 4) is 0 Å². The van der Waals surface area contributed by atoms with Crippen molar-refractivity contribution in [2.45, 2.75) is 6.54 Å². The lowest BCUT2D eigenvalue weighted by Crippen LogP contribution is -2.04. The molecule has 0 aliphatic carbocycles. The van der Waals surface area contributed by atoms with Crippen LogP contribution in [0.4, 0.5) is 0 Å². The van der Waals surface area contributed by atoms with Gasteiger partial charge in [0.15, 0.2) is 0 Å². The smallest absolute Gasteiger partial charge is 0.148 e. The van der Waals surface area contributed by atoms with Gasteiger partial charge < -0.3 is 4.74 Å². The summed E-state index contributed by atoms with van der Waals surface area (Å²) in [5.74, 6) is 0. The van der Waals surface area contributed by atoms with E-state index >= 15 is 0 Å². The maximum absolute atomic E-state index is 4.85. The van der Waals surface area contributed by atoms with Gasteiger partial charge >= 0.3 is 0 Å². The van der Waals surface area contributed by atoms with E-state index in [9.17, 15) is 0 Å². The fourth-order valence-corrected chi connectivity index (χ4v) is 0.876. The maximum atomic E-state index is 4.85. The van der Waals surface area contributed by atoms with Crippen LogP contribution in [0.25, 0.3) is 0 Å². The predicted octanol–water partition coefficient (Wildman–Crippen LogP) is 0.687. The molecule has 0 aromatic carbocycles. The molecule has 1 rings (SSSR count). The summed E-state index contributed by atoms with van der Waals surface area (Å²) in [6.07, 6.45) is 1.80. The van der Waals surface area contributed by atoms with Crippen molar-refractivity contribution >= 4 is 15.9 Å². The number of halogens is 1. The second kappa shape index (κ2) is 3.68. The van der Waals surface area contributed by atoms with E-state index in [0.29, 0.717) is 6.61 Å². The van der Waals surface area contributed by atoms with Crippen molar-refractivity contribution < 1.29 is 4.74 Å². The number of nitrogens with zero attached hydrogens (tertiary/aromatic N) is 3. The first-order chi connectivity index (χ1) is 4.83. The van der Waals surface area contributed by atoms with E-state index in [-0.39, 0.29) is 0 Å². The Bertz CT molecular complexity index is 201. The number of ether oxygens (including phenoxy) is 1. The predicted molar refractivity (Wildman–Crippen MR) is 39.6 cm³/mol. The Morgan fingerprint density at radius 1 is 1.80 bits per heavy atom. The third-order valence-corrected chi connectivity index (χ3v) is 1.40. The number of hydrogen-bond donors (Lipinski definition) is 0. The standard InChI is InChI=1S/C5H8BrN3O/c1-10-3-2-9-4-5(6)7-8-9/h4H,2-3H2,1H3. The van der Waals surface area contributed by atoms with Crippen LogP contribution in [-0.2, 0) is 11.3 Å². The summed E-state index contributed by atoms with van der Waals surface area (Å²) in [7, 11) is 1.66. The van der Waals surface area contributed by atoms with E-state index in [1.165, 1.54) is 0 Å². The van der Waals surface area contributed by atoms with Gasteiger partial charge in [-0.2, -0.15) is 0 Å². The van der Waals surface area contributed by atoms with Gasteiger partial charge in [-0.05, 0) is 15.9 Å². The van der Waals surface area contributed by atoms with Crippen LogP contribution >= 0.6 is 15.9 Å². The van der Waals surface area contributed by atoms with Crippen molar-refractivity contribution in [1.29, 1.82) is 0 Å². The SMILES string of the molecule is COCCn1cc(Br)nn1. The largest absolute Gasteiger partial charge is 0.383 e. The molecule has 0 saturated heterocycles. The molecule has 0 aliphatic rings. The van der Waals surface area contributed by atoms with Crippen molar-refractivity contribution in [2.75, 3.05) is 13.7 Å². The van der Waals surface area contributed by atoms with Crippen LogP contribution in [0.5, 0.6) is 0 Å². The molecule has 0 spiro atoms. The minimum atomic E-state index is 0.662. The average molecular weight is 206 g/mol. The molecule has 0 radical (unpaired) electrons. The molecule has 0 N–H and O–H groups in total. The fraction of sp³-hybridized carbons (Fsp3) is 0.600. The van der Waals surface area contributed by atoms with Gasteiger partial charge in [0.1, 0.15) is 4.60 Å². The van der Waals surface area contributed by atoms with E-state index in [1.807, 2.05) is 0 Å². The summed E-state index contributed by atoms with van der Waals surface area (Å²) >= 11 is 3.19. The Morgan fingerprint density at radius 2 is 2.60 bits per heavy atom. The highest BCUT2D eigenvalue weighted by Gasteiger charge is 1.93. The zero-order valence-corrected chi connectivity index (χ0v) is 7.21. The normalized spacial score (nSPS) is 10.2. The zero-order valence-electron chi connectivity index (χ0n) is 5.62. The Kier molecular flexibility index (Phi) is 2.82. The molecule has 4 nitrogen and oxygen atoms in total. The molecule has 0 aliphatic heterocycles. The van der Waals surface area contributed by atoms with Crippen LogP contribution in [0.1, 0.15) is 0 Å². The molecule has 1 heterocycles. The van der Waals surface area contributed by atoms with E-state index in [2.05, 4.69) is 26.2 Å². The molecule has 0 atom stereocenters. The summed E-state index contributed by atoms with van der Waals surface area (Å²) in [6.45, 7) is 1.41. The van der Waals surface area contributed by atoms with Crippen LogP contribution in [-0.4, -0.2) is 28.7 Å². The molecule has 5 heteroatoms. The molecule has 1 aromatic rings. The van der Waals surface area contributed by atoms with Gasteiger partial charge in [-0.3, -0.25) is 0 Å². The van der Waals surface area contributed by atoms with E-state index < -0.39 is 0 Å². The molecular formula is C5H8BrN3O. The van der Waals surface area contributed by atoms with E-state index in [1.54, 1.807) is 18.0 Å². The molecule has 0 amide bonds. The van der Waals surface area contributed by atoms with Gasteiger partial charge in [-0.1, -0.05) is 5.21 Å².